The fraction of sp³-hybridized carbons (Fsp3) is 0.613. The maximum absolute atomic E-state index is 2.62. The zero-order valence-corrected chi connectivity index (χ0v) is 51.4. The molecule has 6 rings (SSSR count). The Balaban J connectivity index is 1.68. The SMILES string of the molecule is CN1Cc2cc(C(C)(C)C)cc3c2SCCSc2c(cc(C(C)(C)C)cc2CN(C)Cc2cc(C(C)(C)C)cc(c2SC(C)(C)C)CN(C)C3)CN(C)Cc2cc(C(C)(C)C)cc(c2SC(C)(C)C)C1. The lowest BCUT2D eigenvalue weighted by atomic mass is 9.84. The molecule has 0 spiro atoms. The highest BCUT2D eigenvalue weighted by Gasteiger charge is 2.29. The first-order valence-corrected chi connectivity index (χ1v) is 29.7. The van der Waals surface area contributed by atoms with Crippen LogP contribution in [0.4, 0.5) is 0 Å². The molecule has 8 heteroatoms. The van der Waals surface area contributed by atoms with Gasteiger partial charge in [0, 0.05) is 92.9 Å². The number of nitrogens with zero attached hydrogens (tertiary/aromatic N) is 4. The summed E-state index contributed by atoms with van der Waals surface area (Å²) in [6.07, 6.45) is 0. The van der Waals surface area contributed by atoms with Crippen molar-refractivity contribution < 1.29 is 0 Å². The maximum Gasteiger partial charge on any atom is 0.0245 e. The molecule has 0 aromatic heterocycles. The van der Waals surface area contributed by atoms with Crippen LogP contribution in [0.3, 0.4) is 0 Å². The van der Waals surface area contributed by atoms with E-state index in [1.165, 1.54) is 86.3 Å². The number of hydrogen-bond acceptors (Lipinski definition) is 8. The highest BCUT2D eigenvalue weighted by molar-refractivity contribution is 8.03. The second-order valence-corrected chi connectivity index (χ2v) is 33.2. The normalized spacial score (nSPS) is 17.6. The third kappa shape index (κ3) is 15.4. The van der Waals surface area contributed by atoms with Crippen molar-refractivity contribution in [3.05, 3.63) is 115 Å². The second-order valence-electron chi connectivity index (χ2n) is 27.3. The molecule has 6 bridgehead atoms. The Bertz CT molecular complexity index is 2190. The molecule has 0 fully saturated rings. The van der Waals surface area contributed by atoms with Gasteiger partial charge in [-0.15, -0.1) is 47.0 Å². The summed E-state index contributed by atoms with van der Waals surface area (Å²) in [5.74, 6) is 2.09. The highest BCUT2D eigenvalue weighted by Crippen LogP contribution is 2.45. The molecule has 386 valence electrons. The van der Waals surface area contributed by atoms with E-state index in [0.717, 1.165) is 63.9 Å². The lowest BCUT2D eigenvalue weighted by molar-refractivity contribution is 0.298. The van der Waals surface area contributed by atoms with E-state index in [1.807, 2.05) is 0 Å². The van der Waals surface area contributed by atoms with Gasteiger partial charge in [-0.1, -0.05) is 173 Å². The average Bonchev–Trinajstić information content (AvgIpc) is 3.16. The third-order valence-electron chi connectivity index (χ3n) is 13.3. The molecule has 4 aromatic carbocycles. The minimum absolute atomic E-state index is 0.00713. The summed E-state index contributed by atoms with van der Waals surface area (Å²) in [5, 5.41) is 0. The minimum atomic E-state index is 0.00713. The molecule has 4 aromatic rings. The Labute approximate surface area is 446 Å². The molecule has 0 saturated heterocycles. The monoisotopic (exact) mass is 1020 g/mol. The van der Waals surface area contributed by atoms with Crippen LogP contribution in [-0.4, -0.2) is 68.8 Å². The predicted octanol–water partition coefficient (Wildman–Crippen LogP) is 16.7. The van der Waals surface area contributed by atoms with E-state index < -0.39 is 0 Å². The number of benzene rings is 4. The number of fused-ring (bicyclic) bond motifs is 7. The average molecular weight is 1020 g/mol. The van der Waals surface area contributed by atoms with Gasteiger partial charge in [0.15, 0.2) is 0 Å². The molecular formula is C62H94N4S4. The number of thioether (sulfide) groups is 4. The van der Waals surface area contributed by atoms with Crippen LogP contribution in [0.1, 0.15) is 191 Å². The molecule has 0 N–H and O–H groups in total. The van der Waals surface area contributed by atoms with Gasteiger partial charge in [0.2, 0.25) is 0 Å². The van der Waals surface area contributed by atoms with Gasteiger partial charge in [-0.25, -0.2) is 0 Å². The first-order chi connectivity index (χ1) is 32.0. The molecule has 0 atom stereocenters. The van der Waals surface area contributed by atoms with Crippen LogP contribution in [0.2, 0.25) is 0 Å². The molecule has 0 radical (unpaired) electrons. The molecule has 2 aliphatic heterocycles. The van der Waals surface area contributed by atoms with E-state index >= 15 is 0 Å². The zero-order chi connectivity index (χ0) is 52.1. The Morgan fingerprint density at radius 3 is 0.686 bits per heavy atom. The van der Waals surface area contributed by atoms with Crippen molar-refractivity contribution >= 4 is 47.0 Å². The summed E-state index contributed by atoms with van der Waals surface area (Å²) in [6, 6.07) is 20.6. The van der Waals surface area contributed by atoms with E-state index in [9.17, 15) is 0 Å². The summed E-state index contributed by atoms with van der Waals surface area (Å²) >= 11 is 8.34. The van der Waals surface area contributed by atoms with E-state index in [0.29, 0.717) is 0 Å². The third-order valence-corrected chi connectivity index (χ3v) is 18.7. The van der Waals surface area contributed by atoms with Crippen LogP contribution < -0.4 is 0 Å². The van der Waals surface area contributed by atoms with Gasteiger partial charge in [0.1, 0.15) is 0 Å². The van der Waals surface area contributed by atoms with E-state index in [2.05, 4.69) is 268 Å². The lowest BCUT2D eigenvalue weighted by Crippen LogP contribution is -2.25. The predicted molar refractivity (Wildman–Crippen MR) is 314 cm³/mol. The van der Waals surface area contributed by atoms with Crippen LogP contribution in [0, 0.1) is 0 Å². The first-order valence-electron chi connectivity index (χ1n) is 26.1. The Morgan fingerprint density at radius 1 is 0.314 bits per heavy atom. The van der Waals surface area contributed by atoms with Crippen molar-refractivity contribution in [1.82, 2.24) is 19.6 Å². The molecule has 70 heavy (non-hydrogen) atoms. The topological polar surface area (TPSA) is 13.0 Å². The van der Waals surface area contributed by atoms with Crippen molar-refractivity contribution in [2.45, 2.75) is 228 Å². The Hall–Kier alpha value is -1.88. The highest BCUT2D eigenvalue weighted by atomic mass is 32.2. The van der Waals surface area contributed by atoms with Gasteiger partial charge in [-0.05, 0) is 117 Å². The van der Waals surface area contributed by atoms with Gasteiger partial charge in [-0.3, -0.25) is 19.6 Å². The van der Waals surface area contributed by atoms with Crippen LogP contribution in [0.25, 0.3) is 0 Å². The summed E-state index contributed by atoms with van der Waals surface area (Å²) < 4.78 is 0.118. The van der Waals surface area contributed by atoms with Gasteiger partial charge >= 0.3 is 0 Å². The number of rotatable bonds is 2. The largest absolute Gasteiger partial charge is 0.298 e. The summed E-state index contributed by atoms with van der Waals surface area (Å²) in [7, 11) is 9.47. The second kappa shape index (κ2) is 21.8. The summed E-state index contributed by atoms with van der Waals surface area (Å²) in [6.45, 7) is 50.2. The quantitative estimate of drug-likeness (QED) is 0.182. The minimum Gasteiger partial charge on any atom is -0.298 e. The van der Waals surface area contributed by atoms with E-state index in [4.69, 9.17) is 0 Å². The summed E-state index contributed by atoms with van der Waals surface area (Å²) in [5.41, 5.74) is 17.4. The van der Waals surface area contributed by atoms with Gasteiger partial charge in [0.25, 0.3) is 0 Å². The smallest absolute Gasteiger partial charge is 0.0245 e. The molecule has 4 nitrogen and oxygen atoms in total. The van der Waals surface area contributed by atoms with Crippen LogP contribution >= 0.6 is 47.0 Å². The molecule has 2 heterocycles. The van der Waals surface area contributed by atoms with Crippen molar-refractivity contribution in [1.29, 1.82) is 0 Å². The van der Waals surface area contributed by atoms with E-state index in [1.54, 1.807) is 0 Å². The molecule has 0 aliphatic carbocycles. The zero-order valence-electron chi connectivity index (χ0n) is 48.1. The van der Waals surface area contributed by atoms with Crippen molar-refractivity contribution in [3.63, 3.8) is 0 Å². The first kappa shape index (κ1) is 57.4. The molecule has 0 unspecified atom stereocenters. The fourth-order valence-electron chi connectivity index (χ4n) is 9.77. The van der Waals surface area contributed by atoms with Gasteiger partial charge in [0.05, 0.1) is 0 Å². The van der Waals surface area contributed by atoms with Crippen molar-refractivity contribution in [3.8, 4) is 0 Å². The molecule has 0 amide bonds. The molecule has 2 aliphatic rings. The molecular weight excluding hydrogens is 929 g/mol. The number of hydrogen-bond donors (Lipinski definition) is 0. The van der Waals surface area contributed by atoms with Crippen molar-refractivity contribution in [2.24, 2.45) is 0 Å². The van der Waals surface area contributed by atoms with Crippen molar-refractivity contribution in [2.75, 3.05) is 39.7 Å². The Morgan fingerprint density at radius 2 is 0.500 bits per heavy atom. The van der Waals surface area contributed by atoms with E-state index in [-0.39, 0.29) is 31.2 Å². The van der Waals surface area contributed by atoms with Gasteiger partial charge < -0.3 is 0 Å². The van der Waals surface area contributed by atoms with Gasteiger partial charge in [-0.2, -0.15) is 0 Å². The Kier molecular flexibility index (Phi) is 17.8. The maximum atomic E-state index is 2.62. The molecule has 0 saturated carbocycles. The van der Waals surface area contributed by atoms with Crippen LogP contribution in [-0.2, 0) is 74.0 Å². The van der Waals surface area contributed by atoms with Crippen LogP contribution in [0.5, 0.6) is 0 Å². The lowest BCUT2D eigenvalue weighted by Gasteiger charge is -2.32. The summed E-state index contributed by atoms with van der Waals surface area (Å²) in [4.78, 5) is 16.3. The standard InChI is InChI=1S/C62H94N4S4/c1-57(2,3)49-25-41-33-63(19)37-45-29-51(59(7,8)9)31-47(55(45)69-61(13,14)15)39-65(21)35-43-27-50(58(4,5)6)28-44-36-66(22)40-48-32-52(60(10,11)12)30-46(56(48)70-62(16,17)18)38-64(20)34-42(26-49)53(41)67-23-24-68-54(43)44/h25-32H,23-24,33-40H2,1-22H3. The van der Waals surface area contributed by atoms with Crippen LogP contribution in [0.15, 0.2) is 68.1 Å². The fourth-order valence-corrected chi connectivity index (χ4v) is 14.3.